The molecule has 0 saturated heterocycles. The van der Waals surface area contributed by atoms with Gasteiger partial charge in [0.05, 0.1) is 0 Å². The van der Waals surface area contributed by atoms with Crippen molar-refractivity contribution in [3.63, 3.8) is 0 Å². The molecule has 0 unspecified atom stereocenters. The lowest BCUT2D eigenvalue weighted by atomic mass is 9.83. The molecule has 2 aromatic rings. The highest BCUT2D eigenvalue weighted by molar-refractivity contribution is 5.49. The van der Waals surface area contributed by atoms with Gasteiger partial charge in [-0.1, -0.05) is 46.8 Å². The lowest BCUT2D eigenvalue weighted by molar-refractivity contribution is 0.446. The van der Waals surface area contributed by atoms with Gasteiger partial charge in [-0.15, -0.1) is 0 Å². The van der Waals surface area contributed by atoms with Crippen LogP contribution in [0.15, 0.2) is 24.3 Å². The standard InChI is InChI=1S/C22H30O2/c1-13(2)18-11-16(14(3)8-20(18)23)10-17-12-19(22(5,6)7)21(24)9-15(17)4/h8-9,11-13,23-24H,10H2,1-7H3. The molecule has 0 heterocycles. The van der Waals surface area contributed by atoms with Gasteiger partial charge in [0.1, 0.15) is 11.5 Å². The Labute approximate surface area is 146 Å². The quantitative estimate of drug-likeness (QED) is 0.756. The Balaban J connectivity index is 2.50. The van der Waals surface area contributed by atoms with E-state index in [9.17, 15) is 10.2 Å². The first-order valence-electron chi connectivity index (χ1n) is 8.66. The first-order valence-corrected chi connectivity index (χ1v) is 8.66. The number of phenols is 2. The molecule has 2 aromatic carbocycles. The van der Waals surface area contributed by atoms with Crippen molar-refractivity contribution in [2.24, 2.45) is 0 Å². The SMILES string of the molecule is Cc1cc(O)c(C(C)C)cc1Cc1cc(C(C)(C)C)c(O)cc1C. The van der Waals surface area contributed by atoms with Crippen LogP contribution in [0.4, 0.5) is 0 Å². The van der Waals surface area contributed by atoms with Crippen LogP contribution in [0.25, 0.3) is 0 Å². The Morgan fingerprint density at radius 3 is 1.83 bits per heavy atom. The molecular weight excluding hydrogens is 296 g/mol. The summed E-state index contributed by atoms with van der Waals surface area (Å²) in [6.07, 6.45) is 0.807. The van der Waals surface area contributed by atoms with E-state index >= 15 is 0 Å². The van der Waals surface area contributed by atoms with Crippen LogP contribution in [0.1, 0.15) is 73.9 Å². The third kappa shape index (κ3) is 3.75. The Bertz CT molecular complexity index is 750. The van der Waals surface area contributed by atoms with Crippen molar-refractivity contribution in [1.82, 2.24) is 0 Å². The molecule has 24 heavy (non-hydrogen) atoms. The molecule has 2 heteroatoms. The number of hydrogen-bond donors (Lipinski definition) is 2. The number of phenolic OH excluding ortho intramolecular Hbond substituents is 2. The maximum Gasteiger partial charge on any atom is 0.119 e. The molecule has 0 saturated carbocycles. The minimum Gasteiger partial charge on any atom is -0.508 e. The van der Waals surface area contributed by atoms with Crippen LogP contribution in [0.5, 0.6) is 11.5 Å². The lowest BCUT2D eigenvalue weighted by Crippen LogP contribution is -2.12. The second kappa shape index (κ2) is 6.51. The summed E-state index contributed by atoms with van der Waals surface area (Å²) < 4.78 is 0. The van der Waals surface area contributed by atoms with Crippen molar-refractivity contribution in [3.05, 3.63) is 57.6 Å². The summed E-state index contributed by atoms with van der Waals surface area (Å²) in [5.74, 6) is 1.04. The van der Waals surface area contributed by atoms with Gasteiger partial charge in [0.15, 0.2) is 0 Å². The molecule has 0 atom stereocenters. The van der Waals surface area contributed by atoms with E-state index < -0.39 is 0 Å². The molecular formula is C22H30O2. The van der Waals surface area contributed by atoms with Gasteiger partial charge in [-0.3, -0.25) is 0 Å². The van der Waals surface area contributed by atoms with E-state index in [1.54, 1.807) is 0 Å². The van der Waals surface area contributed by atoms with Crippen molar-refractivity contribution in [3.8, 4) is 11.5 Å². The van der Waals surface area contributed by atoms with Gasteiger partial charge in [0.25, 0.3) is 0 Å². The van der Waals surface area contributed by atoms with Crippen LogP contribution in [-0.2, 0) is 11.8 Å². The summed E-state index contributed by atoms with van der Waals surface area (Å²) in [6.45, 7) is 14.6. The Hall–Kier alpha value is -1.96. The smallest absolute Gasteiger partial charge is 0.119 e. The van der Waals surface area contributed by atoms with Crippen molar-refractivity contribution < 1.29 is 10.2 Å². The van der Waals surface area contributed by atoms with Gasteiger partial charge in [0.2, 0.25) is 0 Å². The van der Waals surface area contributed by atoms with E-state index in [2.05, 4.69) is 46.8 Å². The van der Waals surface area contributed by atoms with E-state index in [-0.39, 0.29) is 11.3 Å². The molecule has 0 aliphatic heterocycles. The van der Waals surface area contributed by atoms with Crippen LogP contribution in [0, 0.1) is 13.8 Å². The van der Waals surface area contributed by atoms with Gasteiger partial charge in [0, 0.05) is 0 Å². The van der Waals surface area contributed by atoms with E-state index in [1.165, 1.54) is 11.1 Å². The van der Waals surface area contributed by atoms with Gasteiger partial charge < -0.3 is 10.2 Å². The fraction of sp³-hybridized carbons (Fsp3) is 0.455. The average molecular weight is 326 g/mol. The van der Waals surface area contributed by atoms with Crippen molar-refractivity contribution in [2.75, 3.05) is 0 Å². The molecule has 0 aromatic heterocycles. The molecule has 2 N–H and O–H groups in total. The molecule has 0 fully saturated rings. The van der Waals surface area contributed by atoms with Crippen molar-refractivity contribution in [1.29, 1.82) is 0 Å². The second-order valence-corrected chi connectivity index (χ2v) is 8.21. The molecule has 0 spiro atoms. The van der Waals surface area contributed by atoms with Gasteiger partial charge in [-0.2, -0.15) is 0 Å². The zero-order valence-corrected chi connectivity index (χ0v) is 16.0. The highest BCUT2D eigenvalue weighted by Crippen LogP contribution is 2.35. The van der Waals surface area contributed by atoms with E-state index in [0.29, 0.717) is 11.5 Å². The Kier molecular flexibility index (Phi) is 4.98. The molecule has 0 radical (unpaired) electrons. The maximum atomic E-state index is 10.3. The van der Waals surface area contributed by atoms with Gasteiger partial charge in [-0.25, -0.2) is 0 Å². The minimum atomic E-state index is -0.0976. The van der Waals surface area contributed by atoms with Gasteiger partial charge >= 0.3 is 0 Å². The van der Waals surface area contributed by atoms with Crippen LogP contribution < -0.4 is 0 Å². The first kappa shape index (κ1) is 18.4. The zero-order valence-electron chi connectivity index (χ0n) is 16.0. The highest BCUT2D eigenvalue weighted by atomic mass is 16.3. The van der Waals surface area contributed by atoms with Crippen LogP contribution in [0.2, 0.25) is 0 Å². The Morgan fingerprint density at radius 1 is 0.833 bits per heavy atom. The number of aromatic hydroxyl groups is 2. The topological polar surface area (TPSA) is 40.5 Å². The normalized spacial score (nSPS) is 12.0. The number of hydrogen-bond acceptors (Lipinski definition) is 2. The fourth-order valence-electron chi connectivity index (χ4n) is 3.14. The summed E-state index contributed by atoms with van der Waals surface area (Å²) in [7, 11) is 0. The molecule has 2 rings (SSSR count). The highest BCUT2D eigenvalue weighted by Gasteiger charge is 2.20. The summed E-state index contributed by atoms with van der Waals surface area (Å²) in [4.78, 5) is 0. The number of benzene rings is 2. The van der Waals surface area contributed by atoms with E-state index in [0.717, 1.165) is 28.7 Å². The van der Waals surface area contributed by atoms with Crippen LogP contribution in [0.3, 0.4) is 0 Å². The Morgan fingerprint density at radius 2 is 1.33 bits per heavy atom. The fourth-order valence-corrected chi connectivity index (χ4v) is 3.14. The maximum absolute atomic E-state index is 10.3. The molecule has 0 bridgehead atoms. The molecule has 2 nitrogen and oxygen atoms in total. The predicted molar refractivity (Wildman–Crippen MR) is 101 cm³/mol. The predicted octanol–water partition coefficient (Wildman–Crippen LogP) is 5.73. The zero-order chi connectivity index (χ0) is 18.2. The number of aryl methyl sites for hydroxylation is 2. The molecule has 0 aliphatic carbocycles. The summed E-state index contributed by atoms with van der Waals surface area (Å²) in [5, 5.41) is 20.5. The summed E-state index contributed by atoms with van der Waals surface area (Å²) in [5.41, 5.74) is 6.51. The minimum absolute atomic E-state index is 0.0976. The monoisotopic (exact) mass is 326 g/mol. The largest absolute Gasteiger partial charge is 0.508 e. The van der Waals surface area contributed by atoms with E-state index in [1.807, 2.05) is 26.0 Å². The van der Waals surface area contributed by atoms with Crippen LogP contribution >= 0.6 is 0 Å². The third-order valence-electron chi connectivity index (χ3n) is 4.75. The van der Waals surface area contributed by atoms with E-state index in [4.69, 9.17) is 0 Å². The molecule has 0 amide bonds. The summed E-state index contributed by atoms with van der Waals surface area (Å²) in [6, 6.07) is 7.99. The average Bonchev–Trinajstić information content (AvgIpc) is 2.42. The van der Waals surface area contributed by atoms with Crippen LogP contribution in [-0.4, -0.2) is 10.2 Å². The third-order valence-corrected chi connectivity index (χ3v) is 4.75. The van der Waals surface area contributed by atoms with Crippen molar-refractivity contribution in [2.45, 2.75) is 66.2 Å². The molecule has 130 valence electrons. The first-order chi connectivity index (χ1) is 11.0. The molecule has 0 aliphatic rings. The van der Waals surface area contributed by atoms with Gasteiger partial charge in [-0.05, 0) is 77.1 Å². The summed E-state index contributed by atoms with van der Waals surface area (Å²) >= 11 is 0. The number of rotatable bonds is 3. The lowest BCUT2D eigenvalue weighted by Gasteiger charge is -2.23. The van der Waals surface area contributed by atoms with Crippen molar-refractivity contribution >= 4 is 0 Å². The second-order valence-electron chi connectivity index (χ2n) is 8.21.